The molecule has 1 N–H and O–H groups in total. The van der Waals surface area contributed by atoms with E-state index in [-0.39, 0.29) is 5.56 Å². The van der Waals surface area contributed by atoms with Crippen molar-refractivity contribution in [1.29, 1.82) is 0 Å². The van der Waals surface area contributed by atoms with Crippen LogP contribution in [-0.4, -0.2) is 64.4 Å². The number of nitrogens with zero attached hydrogens (tertiary/aromatic N) is 6. The number of hydrogen-bond acceptors (Lipinski definition) is 8. The van der Waals surface area contributed by atoms with Crippen LogP contribution in [0.2, 0.25) is 5.02 Å². The minimum absolute atomic E-state index is 0.301. The Balaban J connectivity index is 1.47. The van der Waals surface area contributed by atoms with Crippen molar-refractivity contribution in [2.45, 2.75) is 0 Å². The molecule has 5 rings (SSSR count). The number of para-hydroxylation sites is 1. The summed E-state index contributed by atoms with van der Waals surface area (Å²) in [6, 6.07) is 15.1. The first kappa shape index (κ1) is 24.7. The summed E-state index contributed by atoms with van der Waals surface area (Å²) in [5.74, 6) is 0.771. The number of fused-ring (bicyclic) bond motifs is 3. The van der Waals surface area contributed by atoms with Crippen LogP contribution in [-0.2, 0) is 9.47 Å². The second-order valence-corrected chi connectivity index (χ2v) is 8.67. The van der Waals surface area contributed by atoms with Gasteiger partial charge >= 0.3 is 0 Å². The molecule has 0 spiro atoms. The maximum atomic E-state index is 13.4. The van der Waals surface area contributed by atoms with Crippen molar-refractivity contribution in [2.75, 3.05) is 50.7 Å². The van der Waals surface area contributed by atoms with Gasteiger partial charge in [0.25, 0.3) is 5.56 Å². The third-order valence-electron chi connectivity index (χ3n) is 5.96. The normalized spacial score (nSPS) is 11.3. The van der Waals surface area contributed by atoms with E-state index in [9.17, 15) is 4.79 Å². The average molecular weight is 520 g/mol. The smallest absolute Gasteiger partial charge is 0.270 e. The van der Waals surface area contributed by atoms with Crippen molar-refractivity contribution in [3.05, 3.63) is 82.5 Å². The summed E-state index contributed by atoms with van der Waals surface area (Å²) in [7, 11) is 3.38. The number of benzene rings is 2. The number of nitrogens with one attached hydrogen (secondary N) is 1. The summed E-state index contributed by atoms with van der Waals surface area (Å²) in [4.78, 5) is 29.1. The van der Waals surface area contributed by atoms with Gasteiger partial charge in [-0.2, -0.15) is 4.98 Å². The Morgan fingerprint density at radius 2 is 1.73 bits per heavy atom. The molecule has 0 bridgehead atoms. The first-order valence-electron chi connectivity index (χ1n) is 11.7. The molecule has 0 amide bonds. The van der Waals surface area contributed by atoms with E-state index >= 15 is 0 Å². The number of methoxy groups -OCH3 is 2. The molecule has 0 radical (unpaired) electrons. The highest BCUT2D eigenvalue weighted by Crippen LogP contribution is 2.23. The maximum Gasteiger partial charge on any atom is 0.270 e. The number of anilines is 3. The Kier molecular flexibility index (Phi) is 7.31. The highest BCUT2D eigenvalue weighted by molar-refractivity contribution is 6.32. The molecular weight excluding hydrogens is 494 g/mol. The van der Waals surface area contributed by atoms with Gasteiger partial charge in [0.1, 0.15) is 5.39 Å². The standard InChI is InChI=1S/C26H26ClN7O3/c1-36-15-13-32(14-16-37-2)19-9-7-18(8-10-19)30-25-29-17-20-23(31-25)33-12-11-28-26(33)34(24(20)35)22-6-4-3-5-21(22)27/h3-12,17H,13-16H2,1-2H3,(H,29,30,31). The molecule has 0 atom stereocenters. The van der Waals surface area contributed by atoms with Crippen LogP contribution < -0.4 is 15.8 Å². The lowest BCUT2D eigenvalue weighted by molar-refractivity contribution is 0.190. The zero-order valence-electron chi connectivity index (χ0n) is 20.5. The molecule has 3 aromatic heterocycles. The Hall–Kier alpha value is -3.99. The van der Waals surface area contributed by atoms with Crippen molar-refractivity contribution in [1.82, 2.24) is 23.9 Å². The van der Waals surface area contributed by atoms with Crippen molar-refractivity contribution in [3.8, 4) is 5.69 Å². The van der Waals surface area contributed by atoms with Gasteiger partial charge in [0, 0.05) is 57.3 Å². The van der Waals surface area contributed by atoms with E-state index in [1.807, 2.05) is 36.4 Å². The molecule has 10 nitrogen and oxygen atoms in total. The Morgan fingerprint density at radius 1 is 1.00 bits per heavy atom. The van der Waals surface area contributed by atoms with Gasteiger partial charge in [-0.15, -0.1) is 0 Å². The van der Waals surface area contributed by atoms with E-state index in [0.29, 0.717) is 46.7 Å². The average Bonchev–Trinajstić information content (AvgIpc) is 3.40. The van der Waals surface area contributed by atoms with E-state index in [2.05, 4.69) is 25.2 Å². The van der Waals surface area contributed by atoms with Gasteiger partial charge in [0.2, 0.25) is 11.7 Å². The van der Waals surface area contributed by atoms with Crippen LogP contribution in [0.15, 0.2) is 71.9 Å². The SMILES string of the molecule is COCCN(CCOC)c1ccc(Nc2ncc3c(=O)n(-c4ccccc4Cl)c4nccn4c3n2)cc1. The molecule has 0 aliphatic carbocycles. The Morgan fingerprint density at radius 3 is 2.43 bits per heavy atom. The molecule has 2 aromatic carbocycles. The molecular formula is C26H26ClN7O3. The lowest BCUT2D eigenvalue weighted by Crippen LogP contribution is -2.30. The van der Waals surface area contributed by atoms with Crippen LogP contribution in [0.4, 0.5) is 17.3 Å². The predicted molar refractivity (Wildman–Crippen MR) is 145 cm³/mol. The fourth-order valence-electron chi connectivity index (χ4n) is 4.11. The Labute approximate surface area is 218 Å². The fraction of sp³-hybridized carbons (Fsp3) is 0.231. The maximum absolute atomic E-state index is 13.4. The number of rotatable bonds is 10. The highest BCUT2D eigenvalue weighted by atomic mass is 35.5. The largest absolute Gasteiger partial charge is 0.383 e. The quantitative estimate of drug-likeness (QED) is 0.296. The molecule has 0 aliphatic rings. The molecule has 190 valence electrons. The van der Waals surface area contributed by atoms with Gasteiger partial charge < -0.3 is 19.7 Å². The number of aromatic nitrogens is 5. The summed E-state index contributed by atoms with van der Waals surface area (Å²) in [5.41, 5.74) is 2.55. The van der Waals surface area contributed by atoms with Crippen molar-refractivity contribution in [2.24, 2.45) is 0 Å². The van der Waals surface area contributed by atoms with Gasteiger partial charge in [-0.05, 0) is 36.4 Å². The number of halogens is 1. The van der Waals surface area contributed by atoms with Gasteiger partial charge in [-0.25, -0.2) is 14.5 Å². The lowest BCUT2D eigenvalue weighted by Gasteiger charge is -2.24. The van der Waals surface area contributed by atoms with Gasteiger partial charge in [0.15, 0.2) is 5.65 Å². The number of hydrogen-bond donors (Lipinski definition) is 1. The van der Waals surface area contributed by atoms with Crippen molar-refractivity contribution >= 4 is 45.7 Å². The molecule has 0 saturated heterocycles. The zero-order valence-corrected chi connectivity index (χ0v) is 21.2. The van der Waals surface area contributed by atoms with Crippen LogP contribution >= 0.6 is 11.6 Å². The minimum atomic E-state index is -0.301. The fourth-order valence-corrected chi connectivity index (χ4v) is 4.33. The zero-order chi connectivity index (χ0) is 25.8. The van der Waals surface area contributed by atoms with Gasteiger partial charge in [-0.3, -0.25) is 9.20 Å². The first-order chi connectivity index (χ1) is 18.1. The third-order valence-corrected chi connectivity index (χ3v) is 6.28. The molecule has 0 aliphatic heterocycles. The predicted octanol–water partition coefficient (Wildman–Crippen LogP) is 3.92. The summed E-state index contributed by atoms with van der Waals surface area (Å²) < 4.78 is 13.7. The first-order valence-corrected chi connectivity index (χ1v) is 12.1. The summed E-state index contributed by atoms with van der Waals surface area (Å²) >= 11 is 6.39. The second-order valence-electron chi connectivity index (χ2n) is 8.26. The van der Waals surface area contributed by atoms with Crippen LogP contribution in [0.1, 0.15) is 0 Å². The second kappa shape index (κ2) is 11.0. The topological polar surface area (TPSA) is 98.8 Å². The van der Waals surface area contributed by atoms with Crippen molar-refractivity contribution < 1.29 is 9.47 Å². The molecule has 0 saturated carbocycles. The third kappa shape index (κ3) is 4.99. The van der Waals surface area contributed by atoms with Crippen LogP contribution in [0.5, 0.6) is 0 Å². The van der Waals surface area contributed by atoms with Crippen LogP contribution in [0, 0.1) is 0 Å². The minimum Gasteiger partial charge on any atom is -0.383 e. The summed E-state index contributed by atoms with van der Waals surface area (Å²) in [5, 5.41) is 4.02. The van der Waals surface area contributed by atoms with E-state index in [0.717, 1.165) is 24.5 Å². The van der Waals surface area contributed by atoms with E-state index in [1.165, 1.54) is 10.8 Å². The molecule has 3 heterocycles. The van der Waals surface area contributed by atoms with Crippen molar-refractivity contribution in [3.63, 3.8) is 0 Å². The molecule has 5 aromatic rings. The van der Waals surface area contributed by atoms with E-state index in [1.54, 1.807) is 43.1 Å². The molecule has 0 fully saturated rings. The summed E-state index contributed by atoms with van der Waals surface area (Å²) in [6.45, 7) is 2.76. The van der Waals surface area contributed by atoms with Gasteiger partial charge in [-0.1, -0.05) is 23.7 Å². The van der Waals surface area contributed by atoms with Crippen LogP contribution in [0.3, 0.4) is 0 Å². The van der Waals surface area contributed by atoms with E-state index in [4.69, 9.17) is 21.1 Å². The number of ether oxygens (including phenoxy) is 2. The Bertz CT molecular complexity index is 1580. The molecule has 11 heteroatoms. The lowest BCUT2D eigenvalue weighted by atomic mass is 10.2. The van der Waals surface area contributed by atoms with Gasteiger partial charge in [0.05, 0.1) is 23.9 Å². The number of imidazole rings is 1. The highest BCUT2D eigenvalue weighted by Gasteiger charge is 2.17. The molecule has 37 heavy (non-hydrogen) atoms. The molecule has 0 unspecified atom stereocenters. The summed E-state index contributed by atoms with van der Waals surface area (Å²) in [6.07, 6.45) is 4.89. The van der Waals surface area contributed by atoms with Crippen LogP contribution in [0.25, 0.3) is 22.5 Å². The monoisotopic (exact) mass is 519 g/mol. The van der Waals surface area contributed by atoms with E-state index < -0.39 is 0 Å².